The zero-order valence-electron chi connectivity index (χ0n) is 15.3. The monoisotopic (exact) mass is 379 g/mol. The van der Waals surface area contributed by atoms with Gasteiger partial charge in [-0.1, -0.05) is 30.3 Å². The number of aliphatic hydroxyl groups is 1. The molecule has 2 rings (SSSR count). The number of nitrogens with zero attached hydrogens (tertiary/aromatic N) is 1. The van der Waals surface area contributed by atoms with Gasteiger partial charge in [-0.15, -0.1) is 0 Å². The molecular formula is C19H25NO5S. The van der Waals surface area contributed by atoms with E-state index in [2.05, 4.69) is 0 Å². The van der Waals surface area contributed by atoms with E-state index in [-0.39, 0.29) is 16.8 Å². The van der Waals surface area contributed by atoms with Gasteiger partial charge in [0.2, 0.25) is 20.8 Å². The summed E-state index contributed by atoms with van der Waals surface area (Å²) >= 11 is 0. The molecule has 7 heteroatoms. The molecule has 1 heterocycles. The van der Waals surface area contributed by atoms with Crippen LogP contribution in [0, 0.1) is 5.92 Å². The van der Waals surface area contributed by atoms with E-state index < -0.39 is 21.9 Å². The topological polar surface area (TPSA) is 83.9 Å². The van der Waals surface area contributed by atoms with Crippen molar-refractivity contribution >= 4 is 15.7 Å². The first-order valence-electron chi connectivity index (χ1n) is 8.49. The van der Waals surface area contributed by atoms with Crippen LogP contribution in [0.5, 0.6) is 0 Å². The number of allylic oxidation sites excluding steroid dienone is 2. The van der Waals surface area contributed by atoms with Gasteiger partial charge in [0.1, 0.15) is 11.9 Å². The maximum atomic E-state index is 12.7. The van der Waals surface area contributed by atoms with Crippen molar-refractivity contribution in [2.75, 3.05) is 12.8 Å². The number of likely N-dealkylation sites (tertiary alicyclic amines) is 1. The molecule has 2 unspecified atom stereocenters. The van der Waals surface area contributed by atoms with Gasteiger partial charge in [-0.2, -0.15) is 0 Å². The number of aliphatic hydroxyl groups excluding tert-OH is 1. The van der Waals surface area contributed by atoms with Crippen molar-refractivity contribution in [3.05, 3.63) is 58.9 Å². The number of sulfone groups is 1. The third-order valence-electron chi connectivity index (χ3n) is 4.33. The fourth-order valence-corrected chi connectivity index (χ4v) is 3.65. The van der Waals surface area contributed by atoms with Gasteiger partial charge in [-0.25, -0.2) is 8.42 Å². The molecule has 0 bridgehead atoms. The highest BCUT2D eigenvalue weighted by atomic mass is 32.2. The smallest absolute Gasteiger partial charge is 0.229 e. The normalized spacial score (nSPS) is 20.4. The molecule has 2 atom stereocenters. The highest BCUT2D eigenvalue weighted by Crippen LogP contribution is 2.28. The van der Waals surface area contributed by atoms with Crippen LogP contribution in [0.3, 0.4) is 0 Å². The highest BCUT2D eigenvalue weighted by Gasteiger charge is 2.39. The Labute approximate surface area is 154 Å². The van der Waals surface area contributed by atoms with Crippen molar-refractivity contribution in [2.45, 2.75) is 32.9 Å². The number of carbonyl (C=O) groups excluding carboxylic acids is 1. The lowest BCUT2D eigenvalue weighted by atomic mass is 9.99. The Morgan fingerprint density at radius 3 is 2.50 bits per heavy atom. The summed E-state index contributed by atoms with van der Waals surface area (Å²) in [6.07, 6.45) is 3.14. The summed E-state index contributed by atoms with van der Waals surface area (Å²) in [5, 5.41) is 10.4. The Balaban J connectivity index is 2.09. The van der Waals surface area contributed by atoms with Crippen molar-refractivity contribution in [3.8, 4) is 0 Å². The van der Waals surface area contributed by atoms with Gasteiger partial charge < -0.3 is 14.7 Å². The SMILES string of the molecule is C/C=C(\O/C(=C\C)S(C)(=O)=O)C(O)C1CCN(Cc2ccccc2)C1=O. The fraction of sp³-hybridized carbons (Fsp3) is 0.421. The molecule has 1 N–H and O–H groups in total. The molecule has 1 saturated heterocycles. The molecule has 0 radical (unpaired) electrons. The minimum Gasteiger partial charge on any atom is -0.448 e. The Kier molecular flexibility index (Phi) is 6.61. The zero-order valence-corrected chi connectivity index (χ0v) is 16.1. The van der Waals surface area contributed by atoms with Crippen molar-refractivity contribution in [3.63, 3.8) is 0 Å². The van der Waals surface area contributed by atoms with Crippen molar-refractivity contribution in [1.29, 1.82) is 0 Å². The quantitative estimate of drug-likeness (QED) is 0.735. The number of amides is 1. The predicted octanol–water partition coefficient (Wildman–Crippen LogP) is 2.22. The van der Waals surface area contributed by atoms with Gasteiger partial charge in [0, 0.05) is 19.3 Å². The minimum atomic E-state index is -3.55. The lowest BCUT2D eigenvalue weighted by Crippen LogP contribution is -2.33. The maximum Gasteiger partial charge on any atom is 0.229 e. The van der Waals surface area contributed by atoms with Crippen LogP contribution in [-0.2, 0) is 25.9 Å². The average molecular weight is 379 g/mol. The lowest BCUT2D eigenvalue weighted by Gasteiger charge is -2.22. The molecule has 1 aliphatic heterocycles. The first-order chi connectivity index (χ1) is 12.3. The Morgan fingerprint density at radius 1 is 1.31 bits per heavy atom. The fourth-order valence-electron chi connectivity index (χ4n) is 2.97. The van der Waals surface area contributed by atoms with Crippen LogP contribution in [0.1, 0.15) is 25.8 Å². The summed E-state index contributed by atoms with van der Waals surface area (Å²) in [5.41, 5.74) is 1.02. The summed E-state index contributed by atoms with van der Waals surface area (Å²) in [5.74, 6) is -0.739. The second-order valence-corrected chi connectivity index (χ2v) is 8.21. The van der Waals surface area contributed by atoms with E-state index in [0.29, 0.717) is 19.5 Å². The van der Waals surface area contributed by atoms with Crippen molar-refractivity contribution in [1.82, 2.24) is 4.90 Å². The van der Waals surface area contributed by atoms with Crippen LogP contribution >= 0.6 is 0 Å². The zero-order chi connectivity index (χ0) is 19.3. The van der Waals surface area contributed by atoms with Crippen LogP contribution < -0.4 is 0 Å². The molecule has 1 aromatic rings. The number of hydrogen-bond acceptors (Lipinski definition) is 5. The molecule has 142 valence electrons. The van der Waals surface area contributed by atoms with Crippen LogP contribution in [0.15, 0.2) is 53.3 Å². The first kappa shape index (κ1) is 20.2. The summed E-state index contributed by atoms with van der Waals surface area (Å²) in [6.45, 7) is 4.20. The molecule has 0 saturated carbocycles. The van der Waals surface area contributed by atoms with E-state index in [1.165, 1.54) is 12.2 Å². The van der Waals surface area contributed by atoms with Crippen LogP contribution in [-0.4, -0.2) is 43.2 Å². The number of benzene rings is 1. The standard InChI is InChI=1S/C19H25NO5S/c1-4-16(25-17(5-2)26(3,23)24)18(21)15-11-12-20(19(15)22)13-14-9-7-6-8-10-14/h4-10,15,18,21H,11-13H2,1-3H3/b16-4-,17-5+. The molecule has 0 aliphatic carbocycles. The predicted molar refractivity (Wildman–Crippen MR) is 99.4 cm³/mol. The van der Waals surface area contributed by atoms with Gasteiger partial charge in [0.25, 0.3) is 0 Å². The first-order valence-corrected chi connectivity index (χ1v) is 10.4. The summed E-state index contributed by atoms with van der Waals surface area (Å²) in [6, 6.07) is 9.64. The Hall–Kier alpha value is -2.12. The number of ether oxygens (including phenoxy) is 1. The molecule has 26 heavy (non-hydrogen) atoms. The van der Waals surface area contributed by atoms with Gasteiger partial charge in [0.05, 0.1) is 5.92 Å². The van der Waals surface area contributed by atoms with Crippen LogP contribution in [0.2, 0.25) is 0 Å². The molecule has 0 spiro atoms. The lowest BCUT2D eigenvalue weighted by molar-refractivity contribution is -0.134. The molecule has 1 aromatic carbocycles. The molecule has 1 aliphatic rings. The van der Waals surface area contributed by atoms with Gasteiger partial charge in [0.15, 0.2) is 0 Å². The number of rotatable bonds is 7. The molecule has 1 fully saturated rings. The maximum absolute atomic E-state index is 12.7. The van der Waals surface area contributed by atoms with Crippen molar-refractivity contribution in [2.24, 2.45) is 5.92 Å². The van der Waals surface area contributed by atoms with Gasteiger partial charge in [-0.3, -0.25) is 4.79 Å². The van der Waals surface area contributed by atoms with Gasteiger partial charge >= 0.3 is 0 Å². The second kappa shape index (κ2) is 8.51. The van der Waals surface area contributed by atoms with Crippen molar-refractivity contribution < 1.29 is 23.1 Å². The van der Waals surface area contributed by atoms with E-state index in [4.69, 9.17) is 4.74 Å². The number of hydrogen-bond donors (Lipinski definition) is 1. The summed E-state index contributed by atoms with van der Waals surface area (Å²) in [4.78, 5) is 14.4. The third-order valence-corrected chi connectivity index (χ3v) is 5.38. The van der Waals surface area contributed by atoms with E-state index in [1.807, 2.05) is 30.3 Å². The summed E-state index contributed by atoms with van der Waals surface area (Å²) in [7, 11) is -3.55. The van der Waals surface area contributed by atoms with E-state index >= 15 is 0 Å². The molecule has 0 aromatic heterocycles. The van der Waals surface area contributed by atoms with E-state index in [9.17, 15) is 18.3 Å². The Morgan fingerprint density at radius 2 is 1.96 bits per heavy atom. The largest absolute Gasteiger partial charge is 0.448 e. The number of carbonyl (C=O) groups is 1. The third kappa shape index (κ3) is 4.74. The Bertz CT molecular complexity index is 798. The minimum absolute atomic E-state index is 0.0726. The highest BCUT2D eigenvalue weighted by molar-refractivity contribution is 7.94. The molecular weight excluding hydrogens is 354 g/mol. The molecule has 6 nitrogen and oxygen atoms in total. The van der Waals surface area contributed by atoms with E-state index in [1.54, 1.807) is 18.7 Å². The second-order valence-electron chi connectivity index (χ2n) is 6.26. The van der Waals surface area contributed by atoms with Crippen LogP contribution in [0.4, 0.5) is 0 Å². The van der Waals surface area contributed by atoms with Crippen LogP contribution in [0.25, 0.3) is 0 Å². The van der Waals surface area contributed by atoms with Gasteiger partial charge in [-0.05, 0) is 38.0 Å². The summed E-state index contributed by atoms with van der Waals surface area (Å²) < 4.78 is 28.8. The molecule has 1 amide bonds. The average Bonchev–Trinajstić information content (AvgIpc) is 2.96. The van der Waals surface area contributed by atoms with E-state index in [0.717, 1.165) is 11.8 Å².